The second-order valence-electron chi connectivity index (χ2n) is 8.67. The van der Waals surface area contributed by atoms with Gasteiger partial charge in [0.2, 0.25) is 0 Å². The Hall–Kier alpha value is -2.51. The van der Waals surface area contributed by atoms with Gasteiger partial charge in [0.1, 0.15) is 17.2 Å². The van der Waals surface area contributed by atoms with Crippen LogP contribution in [0, 0.1) is 0 Å². The Bertz CT molecular complexity index is 803. The molecule has 3 aromatic rings. The largest absolute Gasteiger partial charge is 0.530 e. The predicted octanol–water partition coefficient (Wildman–Crippen LogP) is 8.82. The van der Waals surface area contributed by atoms with E-state index < -0.39 is 8.60 Å². The van der Waals surface area contributed by atoms with Gasteiger partial charge in [0, 0.05) is 0 Å². The molecule has 3 rings (SSSR count). The molecule has 0 fully saturated rings. The molecule has 4 heteroatoms. The van der Waals surface area contributed by atoms with Gasteiger partial charge in [-0.05, 0) is 70.8 Å². The minimum atomic E-state index is -1.66. The van der Waals surface area contributed by atoms with Gasteiger partial charge in [-0.15, -0.1) is 0 Å². The molecule has 0 amide bonds. The van der Waals surface area contributed by atoms with Crippen molar-refractivity contribution in [3.05, 3.63) is 89.5 Å². The molecule has 0 spiro atoms. The highest BCUT2D eigenvalue weighted by atomic mass is 31.2. The zero-order chi connectivity index (χ0) is 22.4. The Morgan fingerprint density at radius 3 is 0.839 bits per heavy atom. The minimum Gasteiger partial charge on any atom is -0.409 e. The quantitative estimate of drug-likeness (QED) is 0.314. The maximum Gasteiger partial charge on any atom is 0.530 e. The second kappa shape index (κ2) is 10.7. The van der Waals surface area contributed by atoms with Gasteiger partial charge >= 0.3 is 8.60 Å². The van der Waals surface area contributed by atoms with Crippen molar-refractivity contribution in [1.29, 1.82) is 0 Å². The summed E-state index contributed by atoms with van der Waals surface area (Å²) in [5.74, 6) is 3.61. The first-order valence-electron chi connectivity index (χ1n) is 11.0. The molecule has 0 unspecified atom stereocenters. The lowest BCUT2D eigenvalue weighted by molar-refractivity contribution is 0.388. The van der Waals surface area contributed by atoms with Crippen LogP contribution in [0.3, 0.4) is 0 Å². The van der Waals surface area contributed by atoms with Crippen LogP contribution < -0.4 is 13.6 Å². The Morgan fingerprint density at radius 1 is 0.419 bits per heavy atom. The van der Waals surface area contributed by atoms with Crippen LogP contribution in [0.25, 0.3) is 0 Å². The SMILES string of the molecule is CC(C)c1ccc(OP(Oc2ccc(C(C)C)cc2)Oc2ccc(C(C)C)cc2)cc1. The minimum absolute atomic E-state index is 0.474. The molecular formula is C27H33O3P. The van der Waals surface area contributed by atoms with Crippen LogP contribution in [0.5, 0.6) is 17.2 Å². The molecule has 0 aliphatic carbocycles. The molecule has 0 N–H and O–H groups in total. The van der Waals surface area contributed by atoms with Gasteiger partial charge in [-0.1, -0.05) is 77.9 Å². The lowest BCUT2D eigenvalue weighted by Crippen LogP contribution is -2.03. The maximum absolute atomic E-state index is 6.13. The first kappa shape index (κ1) is 23.2. The van der Waals surface area contributed by atoms with Crippen LogP contribution in [0.15, 0.2) is 72.8 Å². The van der Waals surface area contributed by atoms with E-state index >= 15 is 0 Å². The number of benzene rings is 3. The van der Waals surface area contributed by atoms with E-state index in [2.05, 4.69) is 77.9 Å². The van der Waals surface area contributed by atoms with Gasteiger partial charge in [0.15, 0.2) is 0 Å². The van der Waals surface area contributed by atoms with Gasteiger partial charge in [0.25, 0.3) is 0 Å². The standard InChI is InChI=1S/C27H33O3P/c1-19(2)22-7-13-25(14-8-22)28-31(29-26-15-9-23(10-16-26)20(3)4)30-27-17-11-24(12-18-27)21(5)6/h7-21H,1-6H3. The monoisotopic (exact) mass is 436 g/mol. The summed E-state index contributed by atoms with van der Waals surface area (Å²) in [7, 11) is -1.66. The van der Waals surface area contributed by atoms with E-state index in [1.807, 2.05) is 36.4 Å². The van der Waals surface area contributed by atoms with E-state index in [0.29, 0.717) is 17.8 Å². The maximum atomic E-state index is 6.13. The van der Waals surface area contributed by atoms with Crippen molar-refractivity contribution in [1.82, 2.24) is 0 Å². The normalized spacial score (nSPS) is 11.4. The van der Waals surface area contributed by atoms with Crippen molar-refractivity contribution in [2.45, 2.75) is 59.3 Å². The molecule has 0 saturated heterocycles. The molecule has 0 heterocycles. The highest BCUT2D eigenvalue weighted by molar-refractivity contribution is 7.43. The molecule has 164 valence electrons. The van der Waals surface area contributed by atoms with Gasteiger partial charge in [0.05, 0.1) is 0 Å². The van der Waals surface area contributed by atoms with Crippen LogP contribution in [0.1, 0.15) is 76.0 Å². The summed E-state index contributed by atoms with van der Waals surface area (Å²) in [6.45, 7) is 13.1. The third-order valence-corrected chi connectivity index (χ3v) is 6.26. The molecule has 0 saturated carbocycles. The molecule has 0 radical (unpaired) electrons. The summed E-state index contributed by atoms with van der Waals surface area (Å²) in [5, 5.41) is 0. The predicted molar refractivity (Wildman–Crippen MR) is 130 cm³/mol. The van der Waals surface area contributed by atoms with Crippen molar-refractivity contribution in [2.24, 2.45) is 0 Å². The van der Waals surface area contributed by atoms with Crippen molar-refractivity contribution in [2.75, 3.05) is 0 Å². The molecule has 31 heavy (non-hydrogen) atoms. The van der Waals surface area contributed by atoms with Crippen LogP contribution in [0.4, 0.5) is 0 Å². The van der Waals surface area contributed by atoms with Crippen LogP contribution in [-0.4, -0.2) is 0 Å². The van der Waals surface area contributed by atoms with Crippen molar-refractivity contribution in [3.8, 4) is 17.2 Å². The van der Waals surface area contributed by atoms with E-state index in [1.165, 1.54) is 16.7 Å². The topological polar surface area (TPSA) is 27.7 Å². The molecule has 0 bridgehead atoms. The van der Waals surface area contributed by atoms with Crippen molar-refractivity contribution >= 4 is 8.60 Å². The fraction of sp³-hybridized carbons (Fsp3) is 0.333. The van der Waals surface area contributed by atoms with E-state index in [4.69, 9.17) is 13.6 Å². The molecule has 0 aromatic heterocycles. The smallest absolute Gasteiger partial charge is 0.409 e. The van der Waals surface area contributed by atoms with E-state index in [0.717, 1.165) is 17.2 Å². The molecular weight excluding hydrogens is 403 g/mol. The van der Waals surface area contributed by atoms with Gasteiger partial charge < -0.3 is 13.6 Å². The van der Waals surface area contributed by atoms with Crippen molar-refractivity contribution < 1.29 is 13.6 Å². The van der Waals surface area contributed by atoms with Crippen molar-refractivity contribution in [3.63, 3.8) is 0 Å². The highest BCUT2D eigenvalue weighted by Gasteiger charge is 2.20. The Balaban J connectivity index is 1.78. The van der Waals surface area contributed by atoms with E-state index in [-0.39, 0.29) is 0 Å². The van der Waals surface area contributed by atoms with Crippen LogP contribution in [-0.2, 0) is 0 Å². The van der Waals surface area contributed by atoms with Gasteiger partial charge in [-0.2, -0.15) is 0 Å². The van der Waals surface area contributed by atoms with Crippen LogP contribution >= 0.6 is 8.60 Å². The highest BCUT2D eigenvalue weighted by Crippen LogP contribution is 2.42. The summed E-state index contributed by atoms with van der Waals surface area (Å²) in [6, 6.07) is 24.4. The first-order chi connectivity index (χ1) is 14.8. The summed E-state index contributed by atoms with van der Waals surface area (Å²) in [5.41, 5.74) is 3.81. The Morgan fingerprint density at radius 2 is 0.645 bits per heavy atom. The number of hydrogen-bond acceptors (Lipinski definition) is 3. The molecule has 3 aromatic carbocycles. The van der Waals surface area contributed by atoms with Gasteiger partial charge in [-0.3, -0.25) is 0 Å². The number of hydrogen-bond donors (Lipinski definition) is 0. The van der Waals surface area contributed by atoms with Crippen LogP contribution in [0.2, 0.25) is 0 Å². The van der Waals surface area contributed by atoms with E-state index in [9.17, 15) is 0 Å². The zero-order valence-electron chi connectivity index (χ0n) is 19.3. The summed E-state index contributed by atoms with van der Waals surface area (Å²) in [6.07, 6.45) is 0. The first-order valence-corrected chi connectivity index (χ1v) is 12.0. The molecule has 0 atom stereocenters. The summed E-state index contributed by atoms with van der Waals surface area (Å²) < 4.78 is 18.4. The third-order valence-electron chi connectivity index (χ3n) is 5.18. The summed E-state index contributed by atoms with van der Waals surface area (Å²) >= 11 is 0. The number of rotatable bonds is 9. The average Bonchev–Trinajstić information content (AvgIpc) is 2.75. The molecule has 0 aliphatic heterocycles. The average molecular weight is 437 g/mol. The summed E-state index contributed by atoms with van der Waals surface area (Å²) in [4.78, 5) is 0. The lowest BCUT2D eigenvalue weighted by atomic mass is 10.0. The van der Waals surface area contributed by atoms with E-state index in [1.54, 1.807) is 0 Å². The lowest BCUT2D eigenvalue weighted by Gasteiger charge is -2.19. The molecule has 3 nitrogen and oxygen atoms in total. The second-order valence-corrected chi connectivity index (χ2v) is 9.66. The Labute approximate surface area is 188 Å². The fourth-order valence-electron chi connectivity index (χ4n) is 3.05. The zero-order valence-corrected chi connectivity index (χ0v) is 20.2. The Kier molecular flexibility index (Phi) is 7.98. The molecule has 0 aliphatic rings. The third kappa shape index (κ3) is 6.74. The fourth-order valence-corrected chi connectivity index (χ4v) is 4.05. The van der Waals surface area contributed by atoms with Gasteiger partial charge in [-0.25, -0.2) is 0 Å².